The molecule has 0 unspecified atom stereocenters. The molecule has 0 bridgehead atoms. The van der Waals surface area contributed by atoms with Gasteiger partial charge in [0.15, 0.2) is 5.13 Å². The van der Waals surface area contributed by atoms with E-state index in [9.17, 15) is 14.4 Å². The summed E-state index contributed by atoms with van der Waals surface area (Å²) in [6.45, 7) is 3.52. The fraction of sp³-hybridized carbons (Fsp3) is 0.200. The molecule has 0 aliphatic rings. The lowest BCUT2D eigenvalue weighted by atomic mass is 10.2. The minimum atomic E-state index is -1.03. The Morgan fingerprint density at radius 2 is 1.78 bits per heavy atom. The number of carbonyl (C=O) groups is 3. The molecule has 23 heavy (non-hydrogen) atoms. The zero-order valence-corrected chi connectivity index (χ0v) is 13.3. The van der Waals surface area contributed by atoms with Crippen LogP contribution in [-0.4, -0.2) is 27.9 Å². The summed E-state index contributed by atoms with van der Waals surface area (Å²) in [5.41, 5.74) is 0.771. The van der Waals surface area contributed by atoms with E-state index in [1.54, 1.807) is 13.8 Å². The Balaban J connectivity index is 2.02. The number of aromatic carboxylic acids is 1. The number of carboxylic acid groups (broad SMARTS) is 1. The molecule has 0 saturated heterocycles. The summed E-state index contributed by atoms with van der Waals surface area (Å²) in [5, 5.41) is 16.0. The molecule has 120 valence electrons. The molecule has 2 amide bonds. The van der Waals surface area contributed by atoms with Crippen molar-refractivity contribution in [3.63, 3.8) is 0 Å². The van der Waals surface area contributed by atoms with Gasteiger partial charge in [-0.2, -0.15) is 0 Å². The average molecular weight is 333 g/mol. The molecule has 2 rings (SSSR count). The number of nitrogens with one attached hydrogen (secondary N) is 2. The third-order valence-corrected chi connectivity index (χ3v) is 3.64. The number of thiazole rings is 1. The van der Waals surface area contributed by atoms with Crippen LogP contribution in [0.5, 0.6) is 0 Å². The van der Waals surface area contributed by atoms with Crippen molar-refractivity contribution in [3.05, 3.63) is 40.9 Å². The summed E-state index contributed by atoms with van der Waals surface area (Å²) in [4.78, 5) is 38.5. The van der Waals surface area contributed by atoms with Crippen molar-refractivity contribution >= 4 is 39.9 Å². The lowest BCUT2D eigenvalue weighted by Gasteiger charge is -2.04. The highest BCUT2D eigenvalue weighted by Gasteiger charge is 2.14. The van der Waals surface area contributed by atoms with E-state index in [1.165, 1.54) is 29.6 Å². The number of amides is 2. The molecule has 1 aromatic carbocycles. The summed E-state index contributed by atoms with van der Waals surface area (Å²) < 4.78 is 0. The van der Waals surface area contributed by atoms with Crippen LogP contribution in [0.2, 0.25) is 0 Å². The van der Waals surface area contributed by atoms with Gasteiger partial charge in [-0.05, 0) is 24.3 Å². The Morgan fingerprint density at radius 3 is 2.35 bits per heavy atom. The zero-order chi connectivity index (χ0) is 17.0. The maximum Gasteiger partial charge on any atom is 0.335 e. The number of nitrogens with zero attached hydrogens (tertiary/aromatic N) is 1. The number of anilines is 2. The number of hydrogen-bond acceptors (Lipinski definition) is 5. The molecule has 7 nitrogen and oxygen atoms in total. The summed E-state index contributed by atoms with van der Waals surface area (Å²) in [6.07, 6.45) is 0. The van der Waals surface area contributed by atoms with E-state index in [1.807, 2.05) is 0 Å². The van der Waals surface area contributed by atoms with Crippen LogP contribution < -0.4 is 10.6 Å². The van der Waals surface area contributed by atoms with Crippen LogP contribution in [0.15, 0.2) is 29.6 Å². The molecule has 0 saturated carbocycles. The summed E-state index contributed by atoms with van der Waals surface area (Å²) >= 11 is 1.16. The highest BCUT2D eigenvalue weighted by atomic mass is 32.1. The highest BCUT2D eigenvalue weighted by molar-refractivity contribution is 7.14. The van der Waals surface area contributed by atoms with Crippen LogP contribution in [0.1, 0.15) is 34.7 Å². The summed E-state index contributed by atoms with van der Waals surface area (Å²) in [6, 6.07) is 5.78. The number of rotatable bonds is 5. The van der Waals surface area contributed by atoms with Gasteiger partial charge in [0.05, 0.1) is 5.56 Å². The second-order valence-corrected chi connectivity index (χ2v) is 5.88. The lowest BCUT2D eigenvalue weighted by molar-refractivity contribution is -0.118. The Bertz CT molecular complexity index is 737. The smallest absolute Gasteiger partial charge is 0.335 e. The average Bonchev–Trinajstić information content (AvgIpc) is 2.96. The van der Waals surface area contributed by atoms with Crippen LogP contribution >= 0.6 is 11.3 Å². The van der Waals surface area contributed by atoms with Crippen molar-refractivity contribution in [3.8, 4) is 0 Å². The summed E-state index contributed by atoms with van der Waals surface area (Å²) in [7, 11) is 0. The molecule has 0 aliphatic heterocycles. The van der Waals surface area contributed by atoms with Gasteiger partial charge in [-0.1, -0.05) is 13.8 Å². The highest BCUT2D eigenvalue weighted by Crippen LogP contribution is 2.18. The predicted octanol–water partition coefficient (Wildman–Crippen LogP) is 2.69. The Kier molecular flexibility index (Phi) is 5.07. The van der Waals surface area contributed by atoms with Crippen molar-refractivity contribution < 1.29 is 19.5 Å². The van der Waals surface area contributed by atoms with E-state index in [4.69, 9.17) is 5.11 Å². The van der Waals surface area contributed by atoms with Crippen LogP contribution in [0, 0.1) is 5.92 Å². The van der Waals surface area contributed by atoms with Crippen LogP contribution in [-0.2, 0) is 4.79 Å². The first-order valence-corrected chi connectivity index (χ1v) is 7.66. The van der Waals surface area contributed by atoms with E-state index in [-0.39, 0.29) is 23.1 Å². The maximum atomic E-state index is 12.1. The molecule has 1 aromatic heterocycles. The maximum absolute atomic E-state index is 12.1. The fourth-order valence-electron chi connectivity index (χ4n) is 1.58. The van der Waals surface area contributed by atoms with E-state index >= 15 is 0 Å². The fourth-order valence-corrected chi connectivity index (χ4v) is 2.27. The number of hydrogen-bond donors (Lipinski definition) is 3. The van der Waals surface area contributed by atoms with E-state index in [0.29, 0.717) is 10.8 Å². The zero-order valence-electron chi connectivity index (χ0n) is 12.5. The van der Waals surface area contributed by atoms with Crippen molar-refractivity contribution in [2.24, 2.45) is 5.92 Å². The normalized spacial score (nSPS) is 10.4. The molecule has 8 heteroatoms. The van der Waals surface area contributed by atoms with Gasteiger partial charge in [-0.15, -0.1) is 11.3 Å². The Morgan fingerprint density at radius 1 is 1.13 bits per heavy atom. The van der Waals surface area contributed by atoms with Gasteiger partial charge < -0.3 is 15.7 Å². The van der Waals surface area contributed by atoms with Crippen molar-refractivity contribution in [1.82, 2.24) is 4.98 Å². The number of benzene rings is 1. The Hall–Kier alpha value is -2.74. The molecular weight excluding hydrogens is 318 g/mol. The van der Waals surface area contributed by atoms with Crippen LogP contribution in [0.25, 0.3) is 0 Å². The summed E-state index contributed by atoms with van der Waals surface area (Å²) in [5.74, 6) is -1.82. The minimum absolute atomic E-state index is 0.135. The third-order valence-electron chi connectivity index (χ3n) is 2.88. The predicted molar refractivity (Wildman–Crippen MR) is 86.9 cm³/mol. The molecule has 1 heterocycles. The lowest BCUT2D eigenvalue weighted by Crippen LogP contribution is -2.18. The SMILES string of the molecule is CC(C)C(=O)Nc1nc(C(=O)Nc2ccc(C(=O)O)cc2)cs1. The van der Waals surface area contributed by atoms with Crippen molar-refractivity contribution in [2.75, 3.05) is 10.6 Å². The van der Waals surface area contributed by atoms with E-state index in [0.717, 1.165) is 11.3 Å². The molecule has 0 atom stereocenters. The first kappa shape index (κ1) is 16.6. The van der Waals surface area contributed by atoms with Crippen molar-refractivity contribution in [1.29, 1.82) is 0 Å². The van der Waals surface area contributed by atoms with Gasteiger partial charge in [0.1, 0.15) is 5.69 Å². The largest absolute Gasteiger partial charge is 0.478 e. The monoisotopic (exact) mass is 333 g/mol. The molecule has 3 N–H and O–H groups in total. The number of carboxylic acids is 1. The van der Waals surface area contributed by atoms with Gasteiger partial charge in [0, 0.05) is 17.0 Å². The Labute approximate surface area is 136 Å². The molecule has 0 spiro atoms. The number of aromatic nitrogens is 1. The first-order valence-electron chi connectivity index (χ1n) is 6.78. The molecule has 0 radical (unpaired) electrons. The number of carbonyl (C=O) groups excluding carboxylic acids is 2. The molecule has 0 aliphatic carbocycles. The standard InChI is InChI=1S/C15H15N3O4S/c1-8(2)12(19)18-15-17-11(7-23-15)13(20)16-10-5-3-9(4-6-10)14(21)22/h3-8H,1-2H3,(H,16,20)(H,21,22)(H,17,18,19). The van der Waals surface area contributed by atoms with Crippen molar-refractivity contribution in [2.45, 2.75) is 13.8 Å². The minimum Gasteiger partial charge on any atom is -0.478 e. The van der Waals surface area contributed by atoms with Gasteiger partial charge >= 0.3 is 5.97 Å². The van der Waals surface area contributed by atoms with Gasteiger partial charge in [-0.3, -0.25) is 9.59 Å². The van der Waals surface area contributed by atoms with Gasteiger partial charge in [-0.25, -0.2) is 9.78 Å². The van der Waals surface area contributed by atoms with E-state index < -0.39 is 11.9 Å². The van der Waals surface area contributed by atoms with Crippen LogP contribution in [0.3, 0.4) is 0 Å². The topological polar surface area (TPSA) is 108 Å². The first-order chi connectivity index (χ1) is 10.9. The van der Waals surface area contributed by atoms with Gasteiger partial charge in [0.25, 0.3) is 5.91 Å². The second-order valence-electron chi connectivity index (χ2n) is 5.02. The molecule has 2 aromatic rings. The molecular formula is C15H15N3O4S. The molecule has 0 fully saturated rings. The van der Waals surface area contributed by atoms with Crippen LogP contribution in [0.4, 0.5) is 10.8 Å². The third kappa shape index (κ3) is 4.36. The van der Waals surface area contributed by atoms with Gasteiger partial charge in [0.2, 0.25) is 5.91 Å². The quantitative estimate of drug-likeness (QED) is 0.779. The second kappa shape index (κ2) is 7.01. The van der Waals surface area contributed by atoms with E-state index in [2.05, 4.69) is 15.6 Å².